The fraction of sp³-hybridized carbons (Fsp3) is 0.481. The highest BCUT2D eigenvalue weighted by Crippen LogP contribution is 2.44. The number of nitrogens with zero attached hydrogens (tertiary/aromatic N) is 2. The first-order chi connectivity index (χ1) is 18.2. The van der Waals surface area contributed by atoms with Crippen molar-refractivity contribution in [3.05, 3.63) is 35.3 Å². The number of methoxy groups -OCH3 is 1. The number of hydrogen-bond acceptors (Lipinski definition) is 9. The molecule has 5 rings (SSSR count). The van der Waals surface area contributed by atoms with Crippen LogP contribution in [-0.4, -0.2) is 63.7 Å². The molecule has 1 saturated carbocycles. The zero-order chi connectivity index (χ0) is 27.0. The molecule has 1 amide bonds. The van der Waals surface area contributed by atoms with Gasteiger partial charge in [0.15, 0.2) is 5.54 Å². The number of carbonyl (C=O) groups is 2. The molecule has 1 aliphatic carbocycles. The highest BCUT2D eigenvalue weighted by molar-refractivity contribution is 14.1. The maximum absolute atomic E-state index is 13.1. The third-order valence-electron chi connectivity index (χ3n) is 6.87. The predicted molar refractivity (Wildman–Crippen MR) is 154 cm³/mol. The van der Waals surface area contributed by atoms with Crippen LogP contribution in [0.1, 0.15) is 45.2 Å². The number of nitrogens with one attached hydrogen (secondary N) is 2. The normalized spacial score (nSPS) is 24.4. The molecule has 3 aromatic rings. The Labute approximate surface area is 239 Å². The number of aromatic nitrogens is 2. The Morgan fingerprint density at radius 3 is 2.74 bits per heavy atom. The van der Waals surface area contributed by atoms with Gasteiger partial charge in [-0.1, -0.05) is 36.4 Å². The van der Waals surface area contributed by atoms with Gasteiger partial charge >= 0.3 is 5.97 Å². The minimum Gasteiger partial charge on any atom is -0.497 e. The van der Waals surface area contributed by atoms with Gasteiger partial charge in [0.2, 0.25) is 5.91 Å². The number of pyridine rings is 1. The van der Waals surface area contributed by atoms with E-state index in [4.69, 9.17) is 24.2 Å². The van der Waals surface area contributed by atoms with E-state index in [0.29, 0.717) is 36.8 Å². The van der Waals surface area contributed by atoms with Crippen molar-refractivity contribution in [2.75, 3.05) is 20.3 Å². The lowest BCUT2D eigenvalue weighted by Gasteiger charge is -2.19. The van der Waals surface area contributed by atoms with Gasteiger partial charge in [-0.3, -0.25) is 4.79 Å². The summed E-state index contributed by atoms with van der Waals surface area (Å²) in [6.07, 6.45) is 0.817. The van der Waals surface area contributed by atoms with E-state index in [0.717, 1.165) is 27.3 Å². The fourth-order valence-electron chi connectivity index (χ4n) is 4.53. The standard InChI is InChI=1S/C27H31IN4O5S/c1-5-36-26(34)27(11-23(27)28)32-24(33)19-9-16(12-29-19)37-22-10-20(25-31-21(13-38-25)14(2)3)30-18-8-15(35-4)6-7-17(18)22/h6-8,10,13-14,16,19,23,29H,5,9,11-12H2,1-4H3,(H,32,33)/t16-,19+,23-,27-/m1/s1. The van der Waals surface area contributed by atoms with E-state index < -0.39 is 11.6 Å². The second-order valence-corrected chi connectivity index (χ2v) is 12.3. The van der Waals surface area contributed by atoms with Crippen molar-refractivity contribution in [3.8, 4) is 22.2 Å². The summed E-state index contributed by atoms with van der Waals surface area (Å²) in [4.78, 5) is 35.1. The molecule has 2 fully saturated rings. The van der Waals surface area contributed by atoms with Crippen molar-refractivity contribution < 1.29 is 23.8 Å². The minimum absolute atomic E-state index is 0.0252. The maximum atomic E-state index is 13.1. The Morgan fingerprint density at radius 2 is 2.08 bits per heavy atom. The molecule has 0 unspecified atom stereocenters. The number of fused-ring (bicyclic) bond motifs is 1. The summed E-state index contributed by atoms with van der Waals surface area (Å²) in [7, 11) is 1.63. The highest BCUT2D eigenvalue weighted by atomic mass is 127. The van der Waals surface area contributed by atoms with Crippen molar-refractivity contribution in [1.29, 1.82) is 0 Å². The summed E-state index contributed by atoms with van der Waals surface area (Å²) in [6, 6.07) is 7.16. The Morgan fingerprint density at radius 1 is 1.29 bits per heavy atom. The Kier molecular flexibility index (Phi) is 7.79. The highest BCUT2D eigenvalue weighted by Gasteiger charge is 2.62. The fourth-order valence-corrected chi connectivity index (χ4v) is 6.58. The van der Waals surface area contributed by atoms with Crippen LogP contribution in [-0.2, 0) is 14.3 Å². The smallest absolute Gasteiger partial charge is 0.332 e. The molecule has 1 aliphatic heterocycles. The van der Waals surface area contributed by atoms with Crippen LogP contribution in [0.4, 0.5) is 0 Å². The number of alkyl halides is 1. The van der Waals surface area contributed by atoms with Crippen LogP contribution in [0, 0.1) is 0 Å². The average molecular weight is 651 g/mol. The van der Waals surface area contributed by atoms with E-state index in [-0.39, 0.29) is 28.5 Å². The lowest BCUT2D eigenvalue weighted by molar-refractivity contribution is -0.148. The molecule has 11 heteroatoms. The molecular formula is C27H31IN4O5S. The Balaban J connectivity index is 1.35. The second kappa shape index (κ2) is 10.9. The van der Waals surface area contributed by atoms with E-state index in [9.17, 15) is 9.59 Å². The van der Waals surface area contributed by atoms with E-state index in [1.165, 1.54) is 0 Å². The predicted octanol–water partition coefficient (Wildman–Crippen LogP) is 4.23. The quantitative estimate of drug-likeness (QED) is 0.201. The van der Waals surface area contributed by atoms with Gasteiger partial charge in [0.1, 0.15) is 28.3 Å². The van der Waals surface area contributed by atoms with Crippen molar-refractivity contribution in [3.63, 3.8) is 0 Å². The molecule has 0 bridgehead atoms. The van der Waals surface area contributed by atoms with Crippen LogP contribution in [0.5, 0.6) is 11.5 Å². The molecular weight excluding hydrogens is 619 g/mol. The number of ether oxygens (including phenoxy) is 3. The molecule has 2 aromatic heterocycles. The number of rotatable bonds is 9. The van der Waals surface area contributed by atoms with Gasteiger partial charge in [-0.2, -0.15) is 0 Å². The zero-order valence-electron chi connectivity index (χ0n) is 21.7. The van der Waals surface area contributed by atoms with E-state index in [1.54, 1.807) is 25.4 Å². The number of thiazole rings is 1. The minimum atomic E-state index is -0.925. The number of amides is 1. The Hall–Kier alpha value is -2.51. The molecule has 2 aliphatic rings. The first-order valence-corrected chi connectivity index (χ1v) is 14.8. The van der Waals surface area contributed by atoms with Crippen LogP contribution in [0.3, 0.4) is 0 Å². The molecule has 38 heavy (non-hydrogen) atoms. The van der Waals surface area contributed by atoms with Crippen molar-refractivity contribution in [1.82, 2.24) is 20.6 Å². The molecule has 9 nitrogen and oxygen atoms in total. The second-order valence-electron chi connectivity index (χ2n) is 9.91. The summed E-state index contributed by atoms with van der Waals surface area (Å²) in [5.74, 6) is 1.13. The lowest BCUT2D eigenvalue weighted by Crippen LogP contribution is -2.51. The number of esters is 1. The van der Waals surface area contributed by atoms with Crippen LogP contribution < -0.4 is 20.1 Å². The molecule has 202 valence electrons. The molecule has 2 N–H and O–H groups in total. The summed E-state index contributed by atoms with van der Waals surface area (Å²) < 4.78 is 17.1. The third kappa shape index (κ3) is 5.32. The van der Waals surface area contributed by atoms with Gasteiger partial charge < -0.3 is 24.8 Å². The van der Waals surface area contributed by atoms with E-state index >= 15 is 0 Å². The summed E-state index contributed by atoms with van der Waals surface area (Å²) >= 11 is 3.74. The third-order valence-corrected chi connectivity index (χ3v) is 9.26. The average Bonchev–Trinajstić information content (AvgIpc) is 3.28. The zero-order valence-corrected chi connectivity index (χ0v) is 24.7. The molecule has 0 spiro atoms. The van der Waals surface area contributed by atoms with Gasteiger partial charge in [0, 0.05) is 39.8 Å². The number of benzene rings is 1. The van der Waals surface area contributed by atoms with Crippen LogP contribution in [0.2, 0.25) is 0 Å². The van der Waals surface area contributed by atoms with Crippen molar-refractivity contribution in [2.24, 2.45) is 0 Å². The summed E-state index contributed by atoms with van der Waals surface area (Å²) in [5, 5.41) is 9.94. The first kappa shape index (κ1) is 27.1. The Bertz CT molecular complexity index is 1360. The lowest BCUT2D eigenvalue weighted by atomic mass is 10.1. The maximum Gasteiger partial charge on any atom is 0.332 e. The molecule has 1 aromatic carbocycles. The SMILES string of the molecule is CCOC(=O)[C@@]1(NC(=O)[C@@H]2C[C@@H](Oc3cc(-c4nc(C(C)C)cs4)nc4cc(OC)ccc34)CN2)C[C@H]1I. The topological polar surface area (TPSA) is 112 Å². The first-order valence-electron chi connectivity index (χ1n) is 12.7. The van der Waals surface area contributed by atoms with Crippen LogP contribution >= 0.6 is 33.9 Å². The molecule has 0 radical (unpaired) electrons. The van der Waals surface area contributed by atoms with Crippen molar-refractivity contribution >= 4 is 56.7 Å². The van der Waals surface area contributed by atoms with Crippen LogP contribution in [0.15, 0.2) is 29.6 Å². The van der Waals surface area contributed by atoms with Gasteiger partial charge in [-0.05, 0) is 31.4 Å². The largest absolute Gasteiger partial charge is 0.497 e. The van der Waals surface area contributed by atoms with E-state index in [1.807, 2.05) is 24.3 Å². The van der Waals surface area contributed by atoms with Gasteiger partial charge in [0.05, 0.1) is 31.0 Å². The molecule has 3 heterocycles. The van der Waals surface area contributed by atoms with E-state index in [2.05, 4.69) is 52.5 Å². The molecule has 4 atom stereocenters. The van der Waals surface area contributed by atoms with Gasteiger partial charge in [-0.15, -0.1) is 11.3 Å². The molecule has 1 saturated heterocycles. The van der Waals surface area contributed by atoms with Gasteiger partial charge in [0.25, 0.3) is 0 Å². The van der Waals surface area contributed by atoms with Crippen molar-refractivity contribution in [2.45, 2.75) is 61.1 Å². The summed E-state index contributed by atoms with van der Waals surface area (Å²) in [5.41, 5.74) is 1.58. The summed E-state index contributed by atoms with van der Waals surface area (Å²) in [6.45, 7) is 6.78. The number of halogens is 1. The van der Waals surface area contributed by atoms with Gasteiger partial charge in [-0.25, -0.2) is 14.8 Å². The monoisotopic (exact) mass is 650 g/mol. The number of hydrogen-bond donors (Lipinski definition) is 2. The number of carbonyl (C=O) groups excluding carboxylic acids is 2. The van der Waals surface area contributed by atoms with Crippen LogP contribution in [0.25, 0.3) is 21.6 Å².